The lowest BCUT2D eigenvalue weighted by atomic mass is 10.1. The molecular formula is C19H18ClNO5S. The van der Waals surface area contributed by atoms with Crippen molar-refractivity contribution in [2.45, 2.75) is 11.7 Å². The summed E-state index contributed by atoms with van der Waals surface area (Å²) in [5, 5.41) is 1.56. The molecule has 27 heavy (non-hydrogen) atoms. The van der Waals surface area contributed by atoms with Crippen LogP contribution in [0.3, 0.4) is 0 Å². The number of rotatable bonds is 7. The maximum atomic E-state index is 12.1. The van der Waals surface area contributed by atoms with Crippen molar-refractivity contribution in [2.75, 3.05) is 13.7 Å². The van der Waals surface area contributed by atoms with E-state index >= 15 is 0 Å². The van der Waals surface area contributed by atoms with Gasteiger partial charge >= 0.3 is 0 Å². The van der Waals surface area contributed by atoms with Crippen molar-refractivity contribution in [1.29, 1.82) is 0 Å². The molecule has 0 spiro atoms. The molecule has 2 amide bonds. The lowest BCUT2D eigenvalue weighted by Gasteiger charge is -2.08. The van der Waals surface area contributed by atoms with Crippen LogP contribution in [0.5, 0.6) is 11.5 Å². The summed E-state index contributed by atoms with van der Waals surface area (Å²) in [5.74, 6) is 0.865. The fourth-order valence-corrected chi connectivity index (χ4v) is 3.33. The number of benzene rings is 2. The second kappa shape index (κ2) is 9.43. The first-order chi connectivity index (χ1) is 12.5. The second-order valence-electron chi connectivity index (χ2n) is 5.67. The van der Waals surface area contributed by atoms with E-state index in [2.05, 4.69) is 5.32 Å². The van der Waals surface area contributed by atoms with Gasteiger partial charge in [-0.2, -0.15) is 0 Å². The second-order valence-corrected chi connectivity index (χ2v) is 6.85. The fraction of sp³-hybridized carbons (Fsp3) is 0.211. The van der Waals surface area contributed by atoms with E-state index in [0.29, 0.717) is 23.5 Å². The van der Waals surface area contributed by atoms with Gasteiger partial charge in [-0.25, -0.2) is 0 Å². The normalized spacial score (nSPS) is 15.7. The number of hydrogen-bond acceptors (Lipinski definition) is 6. The average molecular weight is 408 g/mol. The summed E-state index contributed by atoms with van der Waals surface area (Å²) >= 11 is 1.00. The Labute approximate surface area is 167 Å². The van der Waals surface area contributed by atoms with Gasteiger partial charge < -0.3 is 9.47 Å². The number of carbonyl (C=O) groups excluding carboxylic acids is 3. The molecule has 0 aliphatic carbocycles. The summed E-state index contributed by atoms with van der Waals surface area (Å²) in [6, 6.07) is 14.0. The molecule has 1 atom stereocenters. The lowest BCUT2D eigenvalue weighted by molar-refractivity contribution is -0.118. The van der Waals surface area contributed by atoms with E-state index in [1.807, 2.05) is 12.1 Å². The van der Waals surface area contributed by atoms with Crippen molar-refractivity contribution >= 4 is 41.1 Å². The zero-order valence-electron chi connectivity index (χ0n) is 14.5. The largest absolute Gasteiger partial charge is 0.497 e. The summed E-state index contributed by atoms with van der Waals surface area (Å²) in [6.07, 6.45) is 0.466. The molecule has 1 aliphatic heterocycles. The minimum Gasteiger partial charge on any atom is -0.497 e. The average Bonchev–Trinajstić information content (AvgIpc) is 2.98. The molecular weight excluding hydrogens is 390 g/mol. The van der Waals surface area contributed by atoms with Crippen LogP contribution in [-0.4, -0.2) is 35.9 Å². The monoisotopic (exact) mass is 407 g/mol. The Bertz CT molecular complexity index is 823. The molecule has 0 aromatic heterocycles. The van der Waals surface area contributed by atoms with Gasteiger partial charge in [0.05, 0.1) is 12.4 Å². The predicted octanol–water partition coefficient (Wildman–Crippen LogP) is 3.27. The van der Waals surface area contributed by atoms with Gasteiger partial charge in [0.25, 0.3) is 5.24 Å². The van der Waals surface area contributed by atoms with Crippen molar-refractivity contribution in [1.82, 2.24) is 5.32 Å². The van der Waals surface area contributed by atoms with Gasteiger partial charge in [-0.3, -0.25) is 19.7 Å². The van der Waals surface area contributed by atoms with Gasteiger partial charge in [0.2, 0.25) is 5.91 Å². The first kappa shape index (κ1) is 20.8. The highest BCUT2D eigenvalue weighted by Gasteiger charge is 2.31. The molecule has 8 heteroatoms. The number of ether oxygens (including phenoxy) is 2. The summed E-state index contributed by atoms with van der Waals surface area (Å²) in [5.41, 5.74) is 1.47. The van der Waals surface area contributed by atoms with Crippen molar-refractivity contribution in [3.63, 3.8) is 0 Å². The summed E-state index contributed by atoms with van der Waals surface area (Å²) in [7, 11) is 1.57. The molecule has 0 radical (unpaired) electrons. The number of halogens is 1. The number of amides is 2. The van der Waals surface area contributed by atoms with E-state index in [1.54, 1.807) is 43.5 Å². The molecule has 1 saturated heterocycles. The number of nitrogens with one attached hydrogen (secondary N) is 1. The molecule has 2 aromatic carbocycles. The maximum Gasteiger partial charge on any atom is 0.286 e. The molecule has 0 bridgehead atoms. The van der Waals surface area contributed by atoms with Crippen molar-refractivity contribution in [2.24, 2.45) is 0 Å². The number of Topliss-reactive ketones (excluding diaryl/α,β-unsaturated/α-hetero) is 1. The number of carbonyl (C=O) groups is 3. The van der Waals surface area contributed by atoms with Crippen molar-refractivity contribution < 1.29 is 23.9 Å². The topological polar surface area (TPSA) is 81.7 Å². The lowest BCUT2D eigenvalue weighted by Crippen LogP contribution is -2.25. The molecule has 6 nitrogen and oxygen atoms in total. The third-order valence-corrected chi connectivity index (χ3v) is 4.87. The quantitative estimate of drug-likeness (QED) is 0.709. The summed E-state index contributed by atoms with van der Waals surface area (Å²) < 4.78 is 10.6. The smallest absolute Gasteiger partial charge is 0.286 e. The van der Waals surface area contributed by atoms with Crippen molar-refractivity contribution in [3.05, 3.63) is 59.7 Å². The fourth-order valence-electron chi connectivity index (χ4n) is 2.47. The van der Waals surface area contributed by atoms with Gasteiger partial charge in [0.15, 0.2) is 12.4 Å². The predicted molar refractivity (Wildman–Crippen MR) is 105 cm³/mol. The van der Waals surface area contributed by atoms with Crippen molar-refractivity contribution in [3.8, 4) is 11.5 Å². The van der Waals surface area contributed by atoms with Crippen LogP contribution in [0, 0.1) is 0 Å². The highest BCUT2D eigenvalue weighted by molar-refractivity contribution is 8.15. The Morgan fingerprint density at radius 1 is 1.04 bits per heavy atom. The van der Waals surface area contributed by atoms with Crippen LogP contribution < -0.4 is 14.8 Å². The third-order valence-electron chi connectivity index (χ3n) is 3.89. The van der Waals surface area contributed by atoms with E-state index in [-0.39, 0.29) is 35.9 Å². The molecule has 1 fully saturated rings. The van der Waals surface area contributed by atoms with Crippen LogP contribution in [0.2, 0.25) is 0 Å². The molecule has 1 N–H and O–H groups in total. The van der Waals surface area contributed by atoms with Crippen LogP contribution in [-0.2, 0) is 11.2 Å². The molecule has 1 heterocycles. The highest BCUT2D eigenvalue weighted by atomic mass is 35.5. The minimum absolute atomic E-state index is 0. The first-order valence-corrected chi connectivity index (χ1v) is 8.83. The van der Waals surface area contributed by atoms with Crippen LogP contribution in [0.15, 0.2) is 48.5 Å². The van der Waals surface area contributed by atoms with E-state index in [4.69, 9.17) is 9.47 Å². The molecule has 3 rings (SSSR count). The third kappa shape index (κ3) is 5.48. The minimum atomic E-state index is -0.397. The zero-order valence-corrected chi connectivity index (χ0v) is 16.1. The van der Waals surface area contributed by atoms with Gasteiger partial charge in [0, 0.05) is 5.56 Å². The highest BCUT2D eigenvalue weighted by Crippen LogP contribution is 2.24. The Kier molecular flexibility index (Phi) is 7.27. The van der Waals surface area contributed by atoms with E-state index in [0.717, 1.165) is 17.3 Å². The van der Waals surface area contributed by atoms with Crippen LogP contribution in [0.25, 0.3) is 0 Å². The molecule has 142 valence electrons. The first-order valence-electron chi connectivity index (χ1n) is 7.95. The number of hydrogen-bond donors (Lipinski definition) is 1. The Morgan fingerprint density at radius 2 is 1.67 bits per heavy atom. The molecule has 1 unspecified atom stereocenters. The van der Waals surface area contributed by atoms with E-state index in [1.165, 1.54) is 0 Å². The molecule has 0 saturated carbocycles. The van der Waals surface area contributed by atoms with E-state index in [9.17, 15) is 14.4 Å². The van der Waals surface area contributed by atoms with Crippen LogP contribution in [0.4, 0.5) is 4.79 Å². The number of methoxy groups -OCH3 is 1. The number of thioether (sulfide) groups is 1. The van der Waals surface area contributed by atoms with Gasteiger partial charge in [-0.05, 0) is 48.4 Å². The van der Waals surface area contributed by atoms with Gasteiger partial charge in [-0.1, -0.05) is 23.9 Å². The Balaban J connectivity index is 0.00000261. The Morgan fingerprint density at radius 3 is 2.22 bits per heavy atom. The van der Waals surface area contributed by atoms with Crippen LogP contribution in [0.1, 0.15) is 15.9 Å². The Hall–Kier alpha value is -2.51. The zero-order chi connectivity index (χ0) is 18.5. The van der Waals surface area contributed by atoms with Gasteiger partial charge in [0.1, 0.15) is 11.5 Å². The SMILES string of the molecule is COc1ccc(C(=O)COc2ccc(CC3SC(=O)NC3=O)cc2)cc1.Cl. The summed E-state index contributed by atoms with van der Waals surface area (Å²) in [4.78, 5) is 34.9. The standard InChI is InChI=1S/C19H17NO5S.ClH/c1-24-14-8-4-13(5-9-14)16(21)11-25-15-6-2-12(3-7-15)10-17-18(22)20-19(23)26-17;/h2-9,17H,10-11H2,1H3,(H,20,22,23);1H. The van der Waals surface area contributed by atoms with Crippen LogP contribution >= 0.6 is 24.2 Å². The molecule has 2 aromatic rings. The molecule has 1 aliphatic rings. The van der Waals surface area contributed by atoms with Gasteiger partial charge in [-0.15, -0.1) is 12.4 Å². The summed E-state index contributed by atoms with van der Waals surface area (Å²) in [6.45, 7) is -0.0684. The number of ketones is 1. The van der Waals surface area contributed by atoms with E-state index < -0.39 is 5.25 Å². The maximum absolute atomic E-state index is 12.1. The number of imide groups is 1.